The first-order chi connectivity index (χ1) is 8.50. The molecule has 4 nitrogen and oxygen atoms in total. The third kappa shape index (κ3) is 1.96. The van der Waals surface area contributed by atoms with Gasteiger partial charge < -0.3 is 5.32 Å². The Morgan fingerprint density at radius 3 is 2.89 bits per heavy atom. The van der Waals surface area contributed by atoms with Gasteiger partial charge in [0, 0.05) is 18.6 Å². The van der Waals surface area contributed by atoms with Crippen LogP contribution in [0.25, 0.3) is 0 Å². The third-order valence-electron chi connectivity index (χ3n) is 3.79. The maximum Gasteiger partial charge on any atom is 0.253 e. The van der Waals surface area contributed by atoms with E-state index in [1.807, 2.05) is 6.92 Å². The molecular weight excluding hydrogens is 336 g/mol. The minimum Gasteiger partial charge on any atom is -0.315 e. The van der Waals surface area contributed by atoms with E-state index in [2.05, 4.69) is 21.2 Å². The number of thiophene rings is 1. The molecule has 0 saturated carbocycles. The molecule has 0 aromatic carbocycles. The SMILES string of the molecule is CC1CC2CNCC2N1S(=O)(=O)c1ccc(Br)s1. The quantitative estimate of drug-likeness (QED) is 0.885. The summed E-state index contributed by atoms with van der Waals surface area (Å²) < 4.78 is 28.4. The van der Waals surface area contributed by atoms with Gasteiger partial charge in [0.15, 0.2) is 0 Å². The molecule has 18 heavy (non-hydrogen) atoms. The lowest BCUT2D eigenvalue weighted by molar-refractivity contribution is 0.336. The Morgan fingerprint density at radius 1 is 1.44 bits per heavy atom. The highest BCUT2D eigenvalue weighted by Crippen LogP contribution is 2.38. The predicted octanol–water partition coefficient (Wildman–Crippen LogP) is 1.88. The largest absolute Gasteiger partial charge is 0.315 e. The second-order valence-corrected chi connectivity index (χ2v) is 9.50. The van der Waals surface area contributed by atoms with Crippen molar-refractivity contribution in [2.75, 3.05) is 13.1 Å². The normalized spacial score (nSPS) is 32.9. The van der Waals surface area contributed by atoms with E-state index in [1.54, 1.807) is 16.4 Å². The summed E-state index contributed by atoms with van der Waals surface area (Å²) >= 11 is 4.61. The van der Waals surface area contributed by atoms with Gasteiger partial charge in [0.05, 0.1) is 3.79 Å². The number of fused-ring (bicyclic) bond motifs is 1. The van der Waals surface area contributed by atoms with Crippen LogP contribution in [0.3, 0.4) is 0 Å². The first-order valence-electron chi connectivity index (χ1n) is 6.00. The molecule has 2 aliphatic heterocycles. The predicted molar refractivity (Wildman–Crippen MR) is 75.3 cm³/mol. The van der Waals surface area contributed by atoms with Crippen molar-refractivity contribution < 1.29 is 8.42 Å². The van der Waals surface area contributed by atoms with E-state index in [1.165, 1.54) is 11.3 Å². The van der Waals surface area contributed by atoms with Crippen molar-refractivity contribution in [2.45, 2.75) is 29.6 Å². The van der Waals surface area contributed by atoms with Crippen molar-refractivity contribution in [1.29, 1.82) is 0 Å². The van der Waals surface area contributed by atoms with Crippen LogP contribution in [0.15, 0.2) is 20.1 Å². The van der Waals surface area contributed by atoms with E-state index in [-0.39, 0.29) is 12.1 Å². The molecule has 1 aromatic rings. The van der Waals surface area contributed by atoms with Crippen LogP contribution in [0.1, 0.15) is 13.3 Å². The number of hydrogen-bond donors (Lipinski definition) is 1. The number of nitrogens with one attached hydrogen (secondary N) is 1. The first kappa shape index (κ1) is 13.1. The molecule has 7 heteroatoms. The Bertz CT molecular complexity index is 557. The van der Waals surface area contributed by atoms with Crippen molar-refractivity contribution in [3.05, 3.63) is 15.9 Å². The summed E-state index contributed by atoms with van der Waals surface area (Å²) in [6, 6.07) is 3.72. The average Bonchev–Trinajstić information content (AvgIpc) is 2.92. The van der Waals surface area contributed by atoms with E-state index in [4.69, 9.17) is 0 Å². The van der Waals surface area contributed by atoms with Crippen molar-refractivity contribution in [3.8, 4) is 0 Å². The fourth-order valence-electron chi connectivity index (χ4n) is 3.08. The van der Waals surface area contributed by atoms with Gasteiger partial charge in [-0.05, 0) is 53.9 Å². The minimum absolute atomic E-state index is 0.105. The lowest BCUT2D eigenvalue weighted by Gasteiger charge is -2.25. The van der Waals surface area contributed by atoms with Gasteiger partial charge in [-0.1, -0.05) is 0 Å². The maximum absolute atomic E-state index is 12.7. The van der Waals surface area contributed by atoms with Gasteiger partial charge in [-0.25, -0.2) is 8.42 Å². The van der Waals surface area contributed by atoms with Gasteiger partial charge in [-0.15, -0.1) is 11.3 Å². The van der Waals surface area contributed by atoms with Gasteiger partial charge in [0.25, 0.3) is 10.0 Å². The molecule has 1 aromatic heterocycles. The zero-order valence-corrected chi connectivity index (χ0v) is 13.2. The fraction of sp³-hybridized carbons (Fsp3) is 0.636. The van der Waals surface area contributed by atoms with E-state index < -0.39 is 10.0 Å². The summed E-state index contributed by atoms with van der Waals surface area (Å²) in [5.41, 5.74) is 0. The number of nitrogens with zero attached hydrogens (tertiary/aromatic N) is 1. The van der Waals surface area contributed by atoms with Crippen LogP contribution in [-0.4, -0.2) is 37.9 Å². The monoisotopic (exact) mass is 350 g/mol. The van der Waals surface area contributed by atoms with Crippen LogP contribution < -0.4 is 5.32 Å². The lowest BCUT2D eigenvalue weighted by Crippen LogP contribution is -2.42. The summed E-state index contributed by atoms with van der Waals surface area (Å²) in [4.78, 5) is 0. The lowest BCUT2D eigenvalue weighted by atomic mass is 10.0. The standard InChI is InChI=1S/C11H15BrN2O2S2/c1-7-4-8-5-13-6-9(8)14(7)18(15,16)11-3-2-10(12)17-11/h2-3,7-9,13H,4-6H2,1H3. The second kappa shape index (κ2) is 4.56. The highest BCUT2D eigenvalue weighted by Gasteiger charge is 2.48. The van der Waals surface area contributed by atoms with Gasteiger partial charge >= 0.3 is 0 Å². The topological polar surface area (TPSA) is 49.4 Å². The van der Waals surface area contributed by atoms with Gasteiger partial charge in [0.2, 0.25) is 0 Å². The highest BCUT2D eigenvalue weighted by atomic mass is 79.9. The smallest absolute Gasteiger partial charge is 0.253 e. The molecule has 0 bridgehead atoms. The van der Waals surface area contributed by atoms with Gasteiger partial charge in [0.1, 0.15) is 4.21 Å². The molecule has 0 aliphatic carbocycles. The Kier molecular flexibility index (Phi) is 3.30. The molecule has 2 fully saturated rings. The summed E-state index contributed by atoms with van der Waals surface area (Å²) in [7, 11) is -3.34. The first-order valence-corrected chi connectivity index (χ1v) is 9.04. The van der Waals surface area contributed by atoms with Crippen LogP contribution in [0, 0.1) is 5.92 Å². The van der Waals surface area contributed by atoms with Crippen molar-refractivity contribution in [1.82, 2.24) is 9.62 Å². The molecule has 0 spiro atoms. The van der Waals surface area contributed by atoms with E-state index in [0.717, 1.165) is 23.3 Å². The second-order valence-electron chi connectivity index (χ2n) is 4.96. The molecular formula is C11H15BrN2O2S2. The molecule has 1 N–H and O–H groups in total. The molecule has 0 radical (unpaired) electrons. The van der Waals surface area contributed by atoms with Crippen molar-refractivity contribution >= 4 is 37.3 Å². The zero-order valence-electron chi connectivity index (χ0n) is 9.97. The molecule has 3 heterocycles. The third-order valence-corrected chi connectivity index (χ3v) is 7.92. The van der Waals surface area contributed by atoms with Gasteiger partial charge in [-0.3, -0.25) is 0 Å². The van der Waals surface area contributed by atoms with Crippen LogP contribution in [0.5, 0.6) is 0 Å². The molecule has 2 aliphatic rings. The van der Waals surface area contributed by atoms with Crippen LogP contribution in [0.4, 0.5) is 0 Å². The number of sulfonamides is 1. The zero-order chi connectivity index (χ0) is 12.9. The molecule has 3 unspecified atom stereocenters. The van der Waals surface area contributed by atoms with Crippen molar-refractivity contribution in [2.24, 2.45) is 5.92 Å². The van der Waals surface area contributed by atoms with Crippen molar-refractivity contribution in [3.63, 3.8) is 0 Å². The summed E-state index contributed by atoms with van der Waals surface area (Å²) in [5.74, 6) is 0.471. The fourth-order valence-corrected chi connectivity index (χ4v) is 7.08. The minimum atomic E-state index is -3.34. The summed E-state index contributed by atoms with van der Waals surface area (Å²) in [6.07, 6.45) is 0.962. The van der Waals surface area contributed by atoms with Crippen LogP contribution in [0.2, 0.25) is 0 Å². The average molecular weight is 351 g/mol. The molecule has 3 atom stereocenters. The maximum atomic E-state index is 12.7. The summed E-state index contributed by atoms with van der Waals surface area (Å²) in [6.45, 7) is 3.73. The van der Waals surface area contributed by atoms with E-state index >= 15 is 0 Å². The van der Waals surface area contributed by atoms with Crippen LogP contribution >= 0.6 is 27.3 Å². The number of halogens is 1. The summed E-state index contributed by atoms with van der Waals surface area (Å²) in [5, 5.41) is 3.29. The Labute approximate surface area is 120 Å². The number of hydrogen-bond acceptors (Lipinski definition) is 4. The Hall–Kier alpha value is 0.0500. The molecule has 2 saturated heterocycles. The highest BCUT2D eigenvalue weighted by molar-refractivity contribution is 9.11. The molecule has 0 amide bonds. The van der Waals surface area contributed by atoms with Crippen LogP contribution in [-0.2, 0) is 10.0 Å². The Morgan fingerprint density at radius 2 is 2.22 bits per heavy atom. The molecule has 100 valence electrons. The Balaban J connectivity index is 1.98. The van der Waals surface area contributed by atoms with E-state index in [0.29, 0.717) is 10.1 Å². The molecule has 3 rings (SSSR count). The van der Waals surface area contributed by atoms with Gasteiger partial charge in [-0.2, -0.15) is 4.31 Å². The number of rotatable bonds is 2. The van der Waals surface area contributed by atoms with E-state index in [9.17, 15) is 8.42 Å².